The van der Waals surface area contributed by atoms with E-state index in [-0.39, 0.29) is 18.3 Å². The Hall–Kier alpha value is -3.70. The summed E-state index contributed by atoms with van der Waals surface area (Å²) < 4.78 is 19.1. The van der Waals surface area contributed by atoms with Crippen molar-refractivity contribution in [3.8, 4) is 5.75 Å². The molecule has 0 radical (unpaired) electrons. The van der Waals surface area contributed by atoms with Crippen LogP contribution in [-0.4, -0.2) is 12.1 Å². The minimum atomic E-state index is -0.345. The maximum Gasteiger partial charge on any atom is 0.271 e. The summed E-state index contributed by atoms with van der Waals surface area (Å²) in [5.74, 6) is -0.0341. The van der Waals surface area contributed by atoms with Crippen LogP contribution in [0.2, 0.25) is 5.02 Å². The van der Waals surface area contributed by atoms with E-state index >= 15 is 0 Å². The first-order valence-corrected chi connectivity index (χ1v) is 9.96. The molecule has 0 unspecified atom stereocenters. The second-order valence-corrected chi connectivity index (χ2v) is 7.26. The highest BCUT2D eigenvalue weighted by Crippen LogP contribution is 2.27. The highest BCUT2D eigenvalue weighted by atomic mass is 35.5. The first-order chi connectivity index (χ1) is 15.1. The lowest BCUT2D eigenvalue weighted by Gasteiger charge is -2.12. The fourth-order valence-electron chi connectivity index (χ4n) is 3.10. The third kappa shape index (κ3) is 5.08. The summed E-state index contributed by atoms with van der Waals surface area (Å²) in [6, 6.07) is 24.3. The molecule has 0 saturated heterocycles. The Bertz CT molecular complexity index is 1240. The zero-order chi connectivity index (χ0) is 21.6. The van der Waals surface area contributed by atoms with Gasteiger partial charge >= 0.3 is 0 Å². The highest BCUT2D eigenvalue weighted by molar-refractivity contribution is 6.30. The molecule has 0 bridgehead atoms. The normalized spacial score (nSPS) is 11.0. The van der Waals surface area contributed by atoms with Crippen molar-refractivity contribution in [1.82, 2.24) is 5.43 Å². The van der Waals surface area contributed by atoms with Crippen LogP contribution in [0, 0.1) is 5.82 Å². The molecule has 4 nitrogen and oxygen atoms in total. The smallest absolute Gasteiger partial charge is 0.271 e. The lowest BCUT2D eigenvalue weighted by atomic mass is 10.0. The fraction of sp³-hybridized carbons (Fsp3) is 0.0400. The van der Waals surface area contributed by atoms with Crippen LogP contribution < -0.4 is 10.2 Å². The van der Waals surface area contributed by atoms with Gasteiger partial charge in [-0.2, -0.15) is 5.10 Å². The van der Waals surface area contributed by atoms with Crippen LogP contribution in [0.25, 0.3) is 10.8 Å². The van der Waals surface area contributed by atoms with Crippen molar-refractivity contribution in [3.05, 3.63) is 112 Å². The van der Waals surface area contributed by atoms with Gasteiger partial charge in [-0.1, -0.05) is 54.1 Å². The van der Waals surface area contributed by atoms with Gasteiger partial charge in [0, 0.05) is 16.1 Å². The zero-order valence-corrected chi connectivity index (χ0v) is 17.1. The van der Waals surface area contributed by atoms with E-state index in [9.17, 15) is 9.18 Å². The van der Waals surface area contributed by atoms with E-state index < -0.39 is 0 Å². The van der Waals surface area contributed by atoms with Gasteiger partial charge in [0.05, 0.1) is 6.21 Å². The number of fused-ring (bicyclic) bond motifs is 1. The molecule has 0 spiro atoms. The van der Waals surface area contributed by atoms with Gasteiger partial charge in [0.25, 0.3) is 5.91 Å². The SMILES string of the molecule is O=C(N/N=C/c1c(OCc2ccc(F)cc2)ccc2ccccc12)c1ccc(Cl)cc1. The van der Waals surface area contributed by atoms with E-state index in [0.29, 0.717) is 16.3 Å². The molecule has 0 aliphatic rings. The molecule has 0 saturated carbocycles. The molecule has 0 aromatic heterocycles. The Morgan fingerprint density at radius 1 is 0.968 bits per heavy atom. The van der Waals surface area contributed by atoms with E-state index in [2.05, 4.69) is 10.5 Å². The summed E-state index contributed by atoms with van der Waals surface area (Å²) in [6.07, 6.45) is 1.57. The molecule has 154 valence electrons. The first kappa shape index (κ1) is 20.6. The summed E-state index contributed by atoms with van der Waals surface area (Å²) >= 11 is 5.86. The van der Waals surface area contributed by atoms with Crippen LogP contribution in [0.15, 0.2) is 90.0 Å². The summed E-state index contributed by atoms with van der Waals surface area (Å²) in [4.78, 5) is 12.3. The van der Waals surface area contributed by atoms with Gasteiger partial charge in [0.2, 0.25) is 0 Å². The molecule has 0 atom stereocenters. The minimum Gasteiger partial charge on any atom is -0.488 e. The Labute approximate surface area is 183 Å². The molecular formula is C25H18ClFN2O2. The number of benzene rings is 4. The number of carbonyl (C=O) groups is 1. The minimum absolute atomic E-state index is 0.274. The molecule has 0 aliphatic heterocycles. The second kappa shape index (κ2) is 9.41. The maximum absolute atomic E-state index is 13.1. The van der Waals surface area contributed by atoms with Crippen LogP contribution >= 0.6 is 11.6 Å². The first-order valence-electron chi connectivity index (χ1n) is 9.58. The number of rotatable bonds is 6. The molecule has 0 heterocycles. The van der Waals surface area contributed by atoms with Crippen molar-refractivity contribution < 1.29 is 13.9 Å². The van der Waals surface area contributed by atoms with Crippen LogP contribution in [0.3, 0.4) is 0 Å². The Morgan fingerprint density at radius 3 is 2.48 bits per heavy atom. The number of amides is 1. The van der Waals surface area contributed by atoms with Gasteiger partial charge in [0.15, 0.2) is 0 Å². The van der Waals surface area contributed by atoms with Crippen molar-refractivity contribution >= 4 is 34.5 Å². The predicted octanol–water partition coefficient (Wildman–Crippen LogP) is 5.98. The summed E-state index contributed by atoms with van der Waals surface area (Å²) in [6.45, 7) is 0.274. The van der Waals surface area contributed by atoms with Crippen molar-refractivity contribution in [1.29, 1.82) is 0 Å². The number of hydrazone groups is 1. The predicted molar refractivity (Wildman–Crippen MR) is 121 cm³/mol. The second-order valence-electron chi connectivity index (χ2n) is 6.82. The molecular weight excluding hydrogens is 415 g/mol. The summed E-state index contributed by atoms with van der Waals surface area (Å²) in [5, 5.41) is 6.63. The van der Waals surface area contributed by atoms with E-state index in [1.54, 1.807) is 42.6 Å². The molecule has 4 rings (SSSR count). The standard InChI is InChI=1S/C25H18ClFN2O2/c26-20-10-7-19(8-11-20)25(30)29-28-15-23-22-4-2-1-3-18(22)9-14-24(23)31-16-17-5-12-21(27)13-6-17/h1-15H,16H2,(H,29,30)/b28-15+. The van der Waals surface area contributed by atoms with Crippen molar-refractivity contribution in [3.63, 3.8) is 0 Å². The summed E-state index contributed by atoms with van der Waals surface area (Å²) in [5.41, 5.74) is 4.55. The number of hydrogen-bond acceptors (Lipinski definition) is 3. The topological polar surface area (TPSA) is 50.7 Å². The number of halogens is 2. The number of nitrogens with zero attached hydrogens (tertiary/aromatic N) is 1. The van der Waals surface area contributed by atoms with E-state index in [0.717, 1.165) is 21.9 Å². The van der Waals surface area contributed by atoms with Crippen LogP contribution in [0.4, 0.5) is 4.39 Å². The Kier molecular flexibility index (Phi) is 6.24. The van der Waals surface area contributed by atoms with E-state index in [4.69, 9.17) is 16.3 Å². The fourth-order valence-corrected chi connectivity index (χ4v) is 3.22. The summed E-state index contributed by atoms with van der Waals surface area (Å²) in [7, 11) is 0. The van der Waals surface area contributed by atoms with E-state index in [1.165, 1.54) is 12.1 Å². The quantitative estimate of drug-likeness (QED) is 0.301. The van der Waals surface area contributed by atoms with Crippen molar-refractivity contribution in [2.45, 2.75) is 6.61 Å². The third-order valence-electron chi connectivity index (χ3n) is 4.70. The van der Waals surface area contributed by atoms with Gasteiger partial charge in [0.1, 0.15) is 18.2 Å². The average Bonchev–Trinajstić information content (AvgIpc) is 2.79. The molecule has 1 N–H and O–H groups in total. The number of hydrogen-bond donors (Lipinski definition) is 1. The number of nitrogens with one attached hydrogen (secondary N) is 1. The van der Waals surface area contributed by atoms with Gasteiger partial charge in [-0.15, -0.1) is 0 Å². The molecule has 1 amide bonds. The molecule has 4 aromatic rings. The Balaban J connectivity index is 1.57. The average molecular weight is 433 g/mol. The zero-order valence-electron chi connectivity index (χ0n) is 16.4. The largest absolute Gasteiger partial charge is 0.488 e. The Morgan fingerprint density at radius 2 is 1.71 bits per heavy atom. The van der Waals surface area contributed by atoms with Gasteiger partial charge in [-0.25, -0.2) is 9.82 Å². The molecule has 31 heavy (non-hydrogen) atoms. The van der Waals surface area contributed by atoms with Crippen LogP contribution in [-0.2, 0) is 6.61 Å². The lowest BCUT2D eigenvalue weighted by Crippen LogP contribution is -2.17. The maximum atomic E-state index is 13.1. The van der Waals surface area contributed by atoms with Crippen molar-refractivity contribution in [2.24, 2.45) is 5.10 Å². The molecule has 0 aliphatic carbocycles. The monoisotopic (exact) mass is 432 g/mol. The third-order valence-corrected chi connectivity index (χ3v) is 4.96. The lowest BCUT2D eigenvalue weighted by molar-refractivity contribution is 0.0955. The number of carbonyl (C=O) groups excluding carboxylic acids is 1. The van der Waals surface area contributed by atoms with Crippen molar-refractivity contribution in [2.75, 3.05) is 0 Å². The van der Waals surface area contributed by atoms with Crippen LogP contribution in [0.1, 0.15) is 21.5 Å². The molecule has 4 aromatic carbocycles. The molecule has 6 heteroatoms. The van der Waals surface area contributed by atoms with Gasteiger partial charge in [-0.05, 0) is 58.8 Å². The van der Waals surface area contributed by atoms with Gasteiger partial charge in [-0.3, -0.25) is 4.79 Å². The number of ether oxygens (including phenoxy) is 1. The highest BCUT2D eigenvalue weighted by Gasteiger charge is 2.09. The van der Waals surface area contributed by atoms with Gasteiger partial charge < -0.3 is 4.74 Å². The van der Waals surface area contributed by atoms with Crippen LogP contribution in [0.5, 0.6) is 5.75 Å². The van der Waals surface area contributed by atoms with E-state index in [1.807, 2.05) is 36.4 Å². The molecule has 0 fully saturated rings.